The fourth-order valence-corrected chi connectivity index (χ4v) is 2.80. The standard InChI is InChI=1S/C9H6N4S2/c1-6-12-13-9(14-6)15-8-3-2-4-11-7(8)5-10/h2-4H,1H3. The molecule has 2 heterocycles. The van der Waals surface area contributed by atoms with Gasteiger partial charge in [-0.3, -0.25) is 0 Å². The minimum Gasteiger partial charge on any atom is -0.244 e. The summed E-state index contributed by atoms with van der Waals surface area (Å²) in [5.41, 5.74) is 0.426. The second-order valence-corrected chi connectivity index (χ2v) is 5.12. The molecule has 0 unspecified atom stereocenters. The van der Waals surface area contributed by atoms with Crippen molar-refractivity contribution in [2.45, 2.75) is 16.2 Å². The van der Waals surface area contributed by atoms with Gasteiger partial charge in [-0.25, -0.2) is 4.98 Å². The van der Waals surface area contributed by atoms with Crippen molar-refractivity contribution in [1.82, 2.24) is 15.2 Å². The number of hydrogen-bond acceptors (Lipinski definition) is 6. The molecular weight excluding hydrogens is 228 g/mol. The number of rotatable bonds is 2. The van der Waals surface area contributed by atoms with Crippen LogP contribution in [0.4, 0.5) is 0 Å². The molecule has 0 aliphatic rings. The summed E-state index contributed by atoms with van der Waals surface area (Å²) in [7, 11) is 0. The molecule has 0 fully saturated rings. The Balaban J connectivity index is 2.28. The Hall–Kier alpha value is -1.45. The maximum absolute atomic E-state index is 8.84. The van der Waals surface area contributed by atoms with Gasteiger partial charge >= 0.3 is 0 Å². The molecule has 2 aromatic heterocycles. The van der Waals surface area contributed by atoms with Crippen molar-refractivity contribution in [2.24, 2.45) is 0 Å². The normalized spacial score (nSPS) is 9.87. The van der Waals surface area contributed by atoms with Crippen LogP contribution in [0, 0.1) is 18.3 Å². The van der Waals surface area contributed by atoms with Crippen LogP contribution in [0.3, 0.4) is 0 Å². The quantitative estimate of drug-likeness (QED) is 0.797. The first-order chi connectivity index (χ1) is 7.29. The lowest BCUT2D eigenvalue weighted by atomic mass is 10.4. The molecule has 2 aromatic rings. The van der Waals surface area contributed by atoms with Gasteiger partial charge in [0.2, 0.25) is 0 Å². The third-order valence-electron chi connectivity index (χ3n) is 1.58. The van der Waals surface area contributed by atoms with Crippen molar-refractivity contribution in [3.63, 3.8) is 0 Å². The number of aromatic nitrogens is 3. The van der Waals surface area contributed by atoms with E-state index in [2.05, 4.69) is 15.2 Å². The Labute approximate surface area is 95.0 Å². The number of pyridine rings is 1. The third-order valence-corrected chi connectivity index (χ3v) is 3.52. The predicted octanol–water partition coefficient (Wildman–Crippen LogP) is 2.26. The largest absolute Gasteiger partial charge is 0.244 e. The van der Waals surface area contributed by atoms with Gasteiger partial charge < -0.3 is 0 Å². The van der Waals surface area contributed by atoms with Crippen molar-refractivity contribution in [3.8, 4) is 6.07 Å². The summed E-state index contributed by atoms with van der Waals surface area (Å²) in [6, 6.07) is 5.70. The lowest BCUT2D eigenvalue weighted by Crippen LogP contribution is -1.84. The van der Waals surface area contributed by atoms with Gasteiger partial charge in [-0.1, -0.05) is 23.1 Å². The fraction of sp³-hybridized carbons (Fsp3) is 0.111. The van der Waals surface area contributed by atoms with Gasteiger partial charge in [0.05, 0.1) is 4.90 Å². The molecule has 0 saturated carbocycles. The Kier molecular flexibility index (Phi) is 2.94. The summed E-state index contributed by atoms with van der Waals surface area (Å²) >= 11 is 2.92. The van der Waals surface area contributed by atoms with Crippen LogP contribution in [0.15, 0.2) is 27.6 Å². The van der Waals surface area contributed by atoms with Crippen LogP contribution in [0.1, 0.15) is 10.7 Å². The van der Waals surface area contributed by atoms with Gasteiger partial charge in [-0.2, -0.15) is 5.26 Å². The summed E-state index contributed by atoms with van der Waals surface area (Å²) in [6.07, 6.45) is 1.61. The molecule has 2 rings (SSSR count). The Bertz CT molecular complexity index is 515. The van der Waals surface area contributed by atoms with Gasteiger partial charge in [0.15, 0.2) is 10.0 Å². The van der Waals surface area contributed by atoms with Crippen molar-refractivity contribution in [2.75, 3.05) is 0 Å². The van der Waals surface area contributed by atoms with E-state index in [1.54, 1.807) is 12.3 Å². The lowest BCUT2D eigenvalue weighted by Gasteiger charge is -1.97. The van der Waals surface area contributed by atoms with E-state index in [0.29, 0.717) is 5.69 Å². The van der Waals surface area contributed by atoms with Crippen LogP contribution in [0.2, 0.25) is 0 Å². The van der Waals surface area contributed by atoms with Gasteiger partial charge in [0, 0.05) is 6.20 Å². The molecule has 0 bridgehead atoms. The molecule has 74 valence electrons. The topological polar surface area (TPSA) is 62.5 Å². The van der Waals surface area contributed by atoms with Crippen LogP contribution in [0.5, 0.6) is 0 Å². The maximum atomic E-state index is 8.84. The van der Waals surface area contributed by atoms with Crippen molar-refractivity contribution >= 4 is 23.1 Å². The first-order valence-electron chi connectivity index (χ1n) is 4.12. The average Bonchev–Trinajstić information content (AvgIpc) is 2.65. The van der Waals surface area contributed by atoms with Crippen molar-refractivity contribution < 1.29 is 0 Å². The van der Waals surface area contributed by atoms with Crippen molar-refractivity contribution in [3.05, 3.63) is 29.0 Å². The zero-order valence-electron chi connectivity index (χ0n) is 7.84. The van der Waals surface area contributed by atoms with E-state index >= 15 is 0 Å². The second-order valence-electron chi connectivity index (χ2n) is 2.65. The molecule has 0 aromatic carbocycles. The minimum atomic E-state index is 0.426. The maximum Gasteiger partial charge on any atom is 0.179 e. The highest BCUT2D eigenvalue weighted by molar-refractivity contribution is 8.01. The lowest BCUT2D eigenvalue weighted by molar-refractivity contribution is 0.983. The zero-order chi connectivity index (χ0) is 10.7. The molecule has 6 heteroatoms. The van der Waals surface area contributed by atoms with Crippen LogP contribution in [0.25, 0.3) is 0 Å². The highest BCUT2D eigenvalue weighted by atomic mass is 32.2. The SMILES string of the molecule is Cc1nnc(Sc2cccnc2C#N)s1. The monoisotopic (exact) mass is 234 g/mol. The molecule has 0 atom stereocenters. The smallest absolute Gasteiger partial charge is 0.179 e. The highest BCUT2D eigenvalue weighted by Crippen LogP contribution is 2.30. The van der Waals surface area contributed by atoms with E-state index in [-0.39, 0.29) is 0 Å². The molecule has 0 N–H and O–H groups in total. The van der Waals surface area contributed by atoms with Gasteiger partial charge in [0.1, 0.15) is 11.1 Å². The van der Waals surface area contributed by atoms with Gasteiger partial charge in [-0.05, 0) is 19.1 Å². The number of hydrogen-bond donors (Lipinski definition) is 0. The first kappa shape index (κ1) is 10.1. The molecular formula is C9H6N4S2. The van der Waals surface area contributed by atoms with E-state index in [0.717, 1.165) is 14.2 Å². The van der Waals surface area contributed by atoms with E-state index in [1.807, 2.05) is 19.1 Å². The molecule has 0 spiro atoms. The Morgan fingerprint density at radius 2 is 2.33 bits per heavy atom. The average molecular weight is 234 g/mol. The van der Waals surface area contributed by atoms with Gasteiger partial charge in [-0.15, -0.1) is 10.2 Å². The minimum absolute atomic E-state index is 0.426. The highest BCUT2D eigenvalue weighted by Gasteiger charge is 2.07. The number of aryl methyl sites for hydroxylation is 1. The zero-order valence-corrected chi connectivity index (χ0v) is 9.47. The van der Waals surface area contributed by atoms with E-state index in [9.17, 15) is 0 Å². The summed E-state index contributed by atoms with van der Waals surface area (Å²) in [5, 5.41) is 17.7. The molecule has 0 saturated heterocycles. The molecule has 0 aliphatic carbocycles. The molecule has 0 radical (unpaired) electrons. The van der Waals surface area contributed by atoms with E-state index in [1.165, 1.54) is 23.1 Å². The first-order valence-corrected chi connectivity index (χ1v) is 5.76. The van der Waals surface area contributed by atoms with Crippen LogP contribution in [-0.4, -0.2) is 15.2 Å². The fourth-order valence-electron chi connectivity index (χ4n) is 0.971. The molecule has 15 heavy (non-hydrogen) atoms. The number of nitrogens with zero attached hydrogens (tertiary/aromatic N) is 4. The van der Waals surface area contributed by atoms with Crippen LogP contribution < -0.4 is 0 Å². The van der Waals surface area contributed by atoms with Crippen molar-refractivity contribution in [1.29, 1.82) is 5.26 Å². The van der Waals surface area contributed by atoms with Crippen LogP contribution in [-0.2, 0) is 0 Å². The third kappa shape index (κ3) is 2.32. The molecule has 0 aliphatic heterocycles. The Morgan fingerprint density at radius 3 is 3.00 bits per heavy atom. The van der Waals surface area contributed by atoms with Crippen LogP contribution >= 0.6 is 23.1 Å². The summed E-state index contributed by atoms with van der Waals surface area (Å²) in [5.74, 6) is 0. The summed E-state index contributed by atoms with van der Waals surface area (Å²) in [6.45, 7) is 1.90. The van der Waals surface area contributed by atoms with E-state index < -0.39 is 0 Å². The number of nitriles is 1. The summed E-state index contributed by atoms with van der Waals surface area (Å²) < 4.78 is 0.831. The second kappa shape index (κ2) is 4.38. The molecule has 0 amide bonds. The van der Waals surface area contributed by atoms with Gasteiger partial charge in [0.25, 0.3) is 0 Å². The summed E-state index contributed by atoms with van der Waals surface area (Å²) in [4.78, 5) is 4.79. The molecule has 4 nitrogen and oxygen atoms in total. The Morgan fingerprint density at radius 1 is 1.47 bits per heavy atom. The predicted molar refractivity (Wildman–Crippen MR) is 57.7 cm³/mol. The van der Waals surface area contributed by atoms with E-state index in [4.69, 9.17) is 5.26 Å².